The monoisotopic (exact) mass is 364 g/mol. The van der Waals surface area contributed by atoms with E-state index in [-0.39, 0.29) is 23.6 Å². The molecular formula is C22H24N2O3. The highest BCUT2D eigenvalue weighted by atomic mass is 16.3. The summed E-state index contributed by atoms with van der Waals surface area (Å²) in [7, 11) is 0. The van der Waals surface area contributed by atoms with Gasteiger partial charge in [0, 0.05) is 36.8 Å². The van der Waals surface area contributed by atoms with Crippen molar-refractivity contribution in [3.63, 3.8) is 0 Å². The first kappa shape index (κ1) is 17.6. The number of carbonyl (C=O) groups is 2. The number of nitrogens with zero attached hydrogens (tertiary/aromatic N) is 2. The van der Waals surface area contributed by atoms with Gasteiger partial charge in [0.15, 0.2) is 0 Å². The van der Waals surface area contributed by atoms with Crippen molar-refractivity contribution in [3.8, 4) is 5.75 Å². The van der Waals surface area contributed by atoms with Crippen molar-refractivity contribution in [3.05, 3.63) is 59.2 Å². The summed E-state index contributed by atoms with van der Waals surface area (Å²) in [5.41, 5.74) is 3.60. The van der Waals surface area contributed by atoms with E-state index < -0.39 is 0 Å². The number of phenolic OH excluding ortho intramolecular Hbond substituents is 1. The first-order valence-electron chi connectivity index (χ1n) is 9.59. The average molecular weight is 364 g/mol. The molecule has 2 aliphatic rings. The minimum Gasteiger partial charge on any atom is -0.508 e. The van der Waals surface area contributed by atoms with Gasteiger partial charge < -0.3 is 14.9 Å². The lowest BCUT2D eigenvalue weighted by atomic mass is 10.1. The van der Waals surface area contributed by atoms with Gasteiger partial charge >= 0.3 is 0 Å². The smallest absolute Gasteiger partial charge is 0.254 e. The number of rotatable bonds is 5. The number of benzene rings is 2. The average Bonchev–Trinajstić information content (AvgIpc) is 3.43. The maximum absolute atomic E-state index is 13.2. The zero-order valence-corrected chi connectivity index (χ0v) is 15.5. The molecular weight excluding hydrogens is 340 g/mol. The molecule has 1 heterocycles. The Hall–Kier alpha value is -2.82. The van der Waals surface area contributed by atoms with Crippen LogP contribution < -0.4 is 4.90 Å². The molecule has 1 aliphatic carbocycles. The summed E-state index contributed by atoms with van der Waals surface area (Å²) < 4.78 is 0. The highest BCUT2D eigenvalue weighted by Gasteiger charge is 2.34. The molecule has 0 aromatic heterocycles. The first-order chi connectivity index (χ1) is 13.1. The second kappa shape index (κ2) is 7.06. The SMILES string of the molecule is CCC(=O)N1CCc2cc(C(=O)N(Cc3cccc(O)c3)C3CC3)ccc21. The Balaban J connectivity index is 1.57. The summed E-state index contributed by atoms with van der Waals surface area (Å²) in [4.78, 5) is 29.0. The molecule has 1 aliphatic heterocycles. The topological polar surface area (TPSA) is 60.9 Å². The lowest BCUT2D eigenvalue weighted by Gasteiger charge is -2.23. The largest absolute Gasteiger partial charge is 0.508 e. The predicted molar refractivity (Wildman–Crippen MR) is 104 cm³/mol. The van der Waals surface area contributed by atoms with Gasteiger partial charge in [-0.05, 0) is 60.7 Å². The third-order valence-corrected chi connectivity index (χ3v) is 5.34. The van der Waals surface area contributed by atoms with Crippen LogP contribution in [0.15, 0.2) is 42.5 Å². The second-order valence-electron chi connectivity index (χ2n) is 7.33. The molecule has 27 heavy (non-hydrogen) atoms. The van der Waals surface area contributed by atoms with Gasteiger partial charge in [-0.2, -0.15) is 0 Å². The van der Waals surface area contributed by atoms with Crippen LogP contribution in [-0.2, 0) is 17.8 Å². The van der Waals surface area contributed by atoms with Crippen molar-refractivity contribution in [2.45, 2.75) is 45.2 Å². The van der Waals surface area contributed by atoms with Crippen LogP contribution in [0.1, 0.15) is 47.7 Å². The molecule has 0 atom stereocenters. The molecule has 5 heteroatoms. The van der Waals surface area contributed by atoms with Gasteiger partial charge in [0.2, 0.25) is 5.91 Å². The van der Waals surface area contributed by atoms with E-state index in [4.69, 9.17) is 0 Å². The Morgan fingerprint density at radius 2 is 2.00 bits per heavy atom. The number of fused-ring (bicyclic) bond motifs is 1. The van der Waals surface area contributed by atoms with Crippen LogP contribution >= 0.6 is 0 Å². The number of hydrogen-bond donors (Lipinski definition) is 1. The summed E-state index contributed by atoms with van der Waals surface area (Å²) >= 11 is 0. The lowest BCUT2D eigenvalue weighted by Crippen LogP contribution is -2.32. The Morgan fingerprint density at radius 1 is 1.19 bits per heavy atom. The van der Waals surface area contributed by atoms with Crippen LogP contribution in [0.25, 0.3) is 0 Å². The number of hydrogen-bond acceptors (Lipinski definition) is 3. The Labute approximate surface area is 159 Å². The third-order valence-electron chi connectivity index (χ3n) is 5.34. The highest BCUT2D eigenvalue weighted by molar-refractivity contribution is 5.98. The van der Waals surface area contributed by atoms with Gasteiger partial charge in [-0.1, -0.05) is 19.1 Å². The number of amides is 2. The van der Waals surface area contributed by atoms with Crippen molar-refractivity contribution in [1.29, 1.82) is 0 Å². The molecule has 2 aromatic rings. The van der Waals surface area contributed by atoms with E-state index in [1.165, 1.54) is 0 Å². The van der Waals surface area contributed by atoms with Crippen molar-refractivity contribution in [2.75, 3.05) is 11.4 Å². The summed E-state index contributed by atoms with van der Waals surface area (Å²) in [6.45, 7) is 3.05. The van der Waals surface area contributed by atoms with Crippen LogP contribution in [0.3, 0.4) is 0 Å². The third kappa shape index (κ3) is 3.54. The van der Waals surface area contributed by atoms with Gasteiger partial charge in [0.05, 0.1) is 0 Å². The van der Waals surface area contributed by atoms with E-state index in [0.29, 0.717) is 25.1 Å². The molecule has 2 amide bonds. The van der Waals surface area contributed by atoms with E-state index >= 15 is 0 Å². The van der Waals surface area contributed by atoms with Gasteiger partial charge in [0.1, 0.15) is 5.75 Å². The van der Waals surface area contributed by atoms with E-state index in [1.807, 2.05) is 41.0 Å². The maximum atomic E-state index is 13.2. The molecule has 0 radical (unpaired) electrons. The Morgan fingerprint density at radius 3 is 2.70 bits per heavy atom. The van der Waals surface area contributed by atoms with Crippen molar-refractivity contribution >= 4 is 17.5 Å². The predicted octanol–water partition coefficient (Wildman–Crippen LogP) is 3.50. The fourth-order valence-electron chi connectivity index (χ4n) is 3.75. The van der Waals surface area contributed by atoms with Gasteiger partial charge in [-0.3, -0.25) is 9.59 Å². The zero-order valence-electron chi connectivity index (χ0n) is 15.5. The summed E-state index contributed by atoms with van der Waals surface area (Å²) in [5, 5.41) is 9.70. The molecule has 2 aromatic carbocycles. The fraction of sp³-hybridized carbons (Fsp3) is 0.364. The van der Waals surface area contributed by atoms with E-state index in [9.17, 15) is 14.7 Å². The summed E-state index contributed by atoms with van der Waals surface area (Å²) in [5.74, 6) is 0.356. The van der Waals surface area contributed by atoms with E-state index in [1.54, 1.807) is 18.2 Å². The molecule has 0 saturated heterocycles. The van der Waals surface area contributed by atoms with Crippen LogP contribution in [0, 0.1) is 0 Å². The molecule has 140 valence electrons. The summed E-state index contributed by atoms with van der Waals surface area (Å²) in [6, 6.07) is 13.0. The van der Waals surface area contributed by atoms with E-state index in [2.05, 4.69) is 0 Å². The van der Waals surface area contributed by atoms with Gasteiger partial charge in [0.25, 0.3) is 5.91 Å². The first-order valence-corrected chi connectivity index (χ1v) is 9.59. The molecule has 1 saturated carbocycles. The number of aromatic hydroxyl groups is 1. The minimum atomic E-state index is 0.0175. The molecule has 5 nitrogen and oxygen atoms in total. The normalized spacial score (nSPS) is 15.5. The van der Waals surface area contributed by atoms with Gasteiger partial charge in [-0.25, -0.2) is 0 Å². The second-order valence-corrected chi connectivity index (χ2v) is 7.33. The molecule has 0 bridgehead atoms. The number of phenols is 1. The van der Waals surface area contributed by atoms with Crippen molar-refractivity contribution < 1.29 is 14.7 Å². The number of carbonyl (C=O) groups excluding carboxylic acids is 2. The van der Waals surface area contributed by atoms with Gasteiger partial charge in [-0.15, -0.1) is 0 Å². The highest BCUT2D eigenvalue weighted by Crippen LogP contribution is 2.33. The lowest BCUT2D eigenvalue weighted by molar-refractivity contribution is -0.118. The molecule has 0 unspecified atom stereocenters. The molecule has 4 rings (SSSR count). The Bertz CT molecular complexity index is 889. The Kier molecular flexibility index (Phi) is 4.60. The van der Waals surface area contributed by atoms with Crippen LogP contribution in [-0.4, -0.2) is 34.4 Å². The van der Waals surface area contributed by atoms with Crippen molar-refractivity contribution in [1.82, 2.24) is 4.90 Å². The quantitative estimate of drug-likeness (QED) is 0.883. The maximum Gasteiger partial charge on any atom is 0.254 e. The van der Waals surface area contributed by atoms with Crippen LogP contribution in [0.5, 0.6) is 5.75 Å². The minimum absolute atomic E-state index is 0.0175. The summed E-state index contributed by atoms with van der Waals surface area (Å²) in [6.07, 6.45) is 3.32. The van der Waals surface area contributed by atoms with Crippen LogP contribution in [0.2, 0.25) is 0 Å². The molecule has 1 N–H and O–H groups in total. The van der Waals surface area contributed by atoms with E-state index in [0.717, 1.165) is 36.1 Å². The molecule has 1 fully saturated rings. The van der Waals surface area contributed by atoms with Crippen LogP contribution in [0.4, 0.5) is 5.69 Å². The number of anilines is 1. The fourth-order valence-corrected chi connectivity index (χ4v) is 3.75. The zero-order chi connectivity index (χ0) is 19.0. The molecule has 0 spiro atoms. The standard InChI is InChI=1S/C22H24N2O3/c1-2-21(26)23-11-10-16-13-17(6-9-20(16)23)22(27)24(18-7-8-18)14-15-4-3-5-19(25)12-15/h3-6,9,12-13,18,25H,2,7-8,10-11,14H2,1H3. The van der Waals surface area contributed by atoms with Crippen molar-refractivity contribution in [2.24, 2.45) is 0 Å².